The van der Waals surface area contributed by atoms with Crippen molar-refractivity contribution in [2.45, 2.75) is 0 Å². The fourth-order valence-electron chi connectivity index (χ4n) is 1.71. The molecule has 0 spiro atoms. The topological polar surface area (TPSA) is 66.6 Å². The molecule has 0 unspecified atom stereocenters. The molecule has 0 heterocycles. The van der Waals surface area contributed by atoms with Crippen molar-refractivity contribution in [2.75, 3.05) is 17.7 Å². The van der Waals surface area contributed by atoms with E-state index in [-0.39, 0.29) is 11.7 Å². The molecule has 2 aromatic rings. The lowest BCUT2D eigenvalue weighted by Gasteiger charge is -2.18. The zero-order valence-electron chi connectivity index (χ0n) is 10.3. The molecule has 0 aliphatic heterocycles. The smallest absolute Gasteiger partial charge is 0.260 e. The van der Waals surface area contributed by atoms with E-state index in [1.807, 2.05) is 0 Å². The van der Waals surface area contributed by atoms with Crippen LogP contribution in [-0.4, -0.2) is 18.1 Å². The Morgan fingerprint density at radius 2 is 2.00 bits per heavy atom. The number of nitrogens with zero attached hydrogens (tertiary/aromatic N) is 1. The van der Waals surface area contributed by atoms with E-state index in [4.69, 9.17) is 5.73 Å². The maximum absolute atomic E-state index is 12.4. The molecule has 0 aliphatic rings. The highest BCUT2D eigenvalue weighted by Crippen LogP contribution is 2.24. The molecule has 98 valence electrons. The Labute approximate surface area is 119 Å². The first-order valence-corrected chi connectivity index (χ1v) is 6.40. The molecule has 0 saturated heterocycles. The second-order valence-corrected chi connectivity index (χ2v) is 5.03. The highest BCUT2D eigenvalue weighted by atomic mass is 79.9. The van der Waals surface area contributed by atoms with Gasteiger partial charge in [-0.15, -0.1) is 0 Å². The summed E-state index contributed by atoms with van der Waals surface area (Å²) >= 11 is 3.32. The van der Waals surface area contributed by atoms with Gasteiger partial charge >= 0.3 is 0 Å². The number of nitrogen functional groups attached to an aromatic ring is 1. The Bertz CT molecular complexity index is 629. The van der Waals surface area contributed by atoms with Gasteiger partial charge in [0.05, 0.1) is 5.56 Å². The molecule has 0 aromatic heterocycles. The third kappa shape index (κ3) is 2.88. The van der Waals surface area contributed by atoms with Gasteiger partial charge in [0.1, 0.15) is 5.75 Å². The summed E-state index contributed by atoms with van der Waals surface area (Å²) in [7, 11) is 1.64. The zero-order chi connectivity index (χ0) is 14.0. The number of anilines is 2. The van der Waals surface area contributed by atoms with E-state index in [0.717, 1.165) is 4.47 Å². The van der Waals surface area contributed by atoms with Gasteiger partial charge in [0.2, 0.25) is 0 Å². The van der Waals surface area contributed by atoms with Gasteiger partial charge in [-0.3, -0.25) is 4.79 Å². The average molecular weight is 321 g/mol. The number of hydrogen-bond donors (Lipinski definition) is 2. The maximum atomic E-state index is 12.4. The molecular formula is C14H13BrN2O2. The molecule has 0 atom stereocenters. The van der Waals surface area contributed by atoms with Crippen LogP contribution in [0.15, 0.2) is 46.9 Å². The molecule has 1 amide bonds. The normalized spacial score (nSPS) is 10.2. The van der Waals surface area contributed by atoms with Gasteiger partial charge in [-0.1, -0.05) is 22.0 Å². The van der Waals surface area contributed by atoms with Crippen LogP contribution < -0.4 is 10.6 Å². The minimum absolute atomic E-state index is 0.111. The van der Waals surface area contributed by atoms with Crippen molar-refractivity contribution in [1.82, 2.24) is 0 Å². The summed E-state index contributed by atoms with van der Waals surface area (Å²) in [6.07, 6.45) is 0. The molecule has 2 rings (SSSR count). The lowest BCUT2D eigenvalue weighted by atomic mass is 10.1. The second kappa shape index (κ2) is 5.32. The number of hydrogen-bond acceptors (Lipinski definition) is 3. The monoisotopic (exact) mass is 320 g/mol. The van der Waals surface area contributed by atoms with E-state index in [0.29, 0.717) is 16.9 Å². The third-order valence-corrected chi connectivity index (χ3v) is 3.26. The lowest BCUT2D eigenvalue weighted by molar-refractivity contribution is 0.0994. The van der Waals surface area contributed by atoms with E-state index in [1.165, 1.54) is 11.0 Å². The highest BCUT2D eigenvalue weighted by Gasteiger charge is 2.16. The fraction of sp³-hybridized carbons (Fsp3) is 0.0714. The molecular weight excluding hydrogens is 308 g/mol. The molecule has 2 aromatic carbocycles. The lowest BCUT2D eigenvalue weighted by Crippen LogP contribution is -2.27. The molecule has 5 heteroatoms. The van der Waals surface area contributed by atoms with Crippen molar-refractivity contribution in [3.05, 3.63) is 52.5 Å². The SMILES string of the molecule is CN(C(=O)c1cc(Br)ccc1N)c1cccc(O)c1. The van der Waals surface area contributed by atoms with Gasteiger partial charge in [-0.2, -0.15) is 0 Å². The van der Waals surface area contributed by atoms with Crippen LogP contribution in [0.3, 0.4) is 0 Å². The molecule has 0 saturated carbocycles. The fourth-order valence-corrected chi connectivity index (χ4v) is 2.07. The molecule has 0 radical (unpaired) electrons. The van der Waals surface area contributed by atoms with E-state index >= 15 is 0 Å². The van der Waals surface area contributed by atoms with Crippen molar-refractivity contribution in [3.8, 4) is 5.75 Å². The number of aromatic hydroxyl groups is 1. The van der Waals surface area contributed by atoms with Crippen LogP contribution in [0.2, 0.25) is 0 Å². The van der Waals surface area contributed by atoms with Crippen LogP contribution >= 0.6 is 15.9 Å². The van der Waals surface area contributed by atoms with E-state index in [9.17, 15) is 9.90 Å². The Morgan fingerprint density at radius 3 is 2.68 bits per heavy atom. The average Bonchev–Trinajstić information content (AvgIpc) is 2.40. The van der Waals surface area contributed by atoms with Gasteiger partial charge in [0.25, 0.3) is 5.91 Å². The quantitative estimate of drug-likeness (QED) is 0.836. The standard InChI is InChI=1S/C14H13BrN2O2/c1-17(10-3-2-4-11(18)8-10)14(19)12-7-9(15)5-6-13(12)16/h2-8,18H,16H2,1H3. The van der Waals surface area contributed by atoms with Gasteiger partial charge in [0, 0.05) is 29.0 Å². The van der Waals surface area contributed by atoms with Crippen molar-refractivity contribution < 1.29 is 9.90 Å². The number of phenols is 1. The van der Waals surface area contributed by atoms with Crippen LogP contribution in [0.5, 0.6) is 5.75 Å². The van der Waals surface area contributed by atoms with Crippen molar-refractivity contribution in [3.63, 3.8) is 0 Å². The van der Waals surface area contributed by atoms with E-state index in [2.05, 4.69) is 15.9 Å². The zero-order valence-corrected chi connectivity index (χ0v) is 11.9. The minimum Gasteiger partial charge on any atom is -0.508 e. The van der Waals surface area contributed by atoms with Gasteiger partial charge in [-0.25, -0.2) is 0 Å². The molecule has 3 N–H and O–H groups in total. The summed E-state index contributed by atoms with van der Waals surface area (Å²) in [6, 6.07) is 11.6. The Hall–Kier alpha value is -2.01. The Balaban J connectivity index is 2.36. The largest absolute Gasteiger partial charge is 0.508 e. The van der Waals surface area contributed by atoms with Crippen LogP contribution in [0.25, 0.3) is 0 Å². The summed E-state index contributed by atoms with van der Waals surface area (Å²) < 4.78 is 0.786. The Kier molecular flexibility index (Phi) is 3.76. The van der Waals surface area contributed by atoms with Crippen molar-refractivity contribution >= 4 is 33.2 Å². The number of carbonyl (C=O) groups excluding carboxylic acids is 1. The van der Waals surface area contributed by atoms with Gasteiger partial charge in [0.15, 0.2) is 0 Å². The number of halogens is 1. The van der Waals surface area contributed by atoms with Gasteiger partial charge in [-0.05, 0) is 30.3 Å². The molecule has 0 bridgehead atoms. The van der Waals surface area contributed by atoms with E-state index in [1.54, 1.807) is 43.4 Å². The predicted octanol–water partition coefficient (Wildman–Crippen LogP) is 3.01. The number of carbonyl (C=O) groups is 1. The number of amides is 1. The first-order valence-electron chi connectivity index (χ1n) is 5.61. The van der Waals surface area contributed by atoms with Crippen molar-refractivity contribution in [2.24, 2.45) is 0 Å². The number of phenolic OH excluding ortho intramolecular Hbond substituents is 1. The maximum Gasteiger partial charge on any atom is 0.260 e. The summed E-state index contributed by atoms with van der Waals surface area (Å²) in [6.45, 7) is 0. The number of benzene rings is 2. The summed E-state index contributed by atoms with van der Waals surface area (Å²) in [5.74, 6) is -0.122. The van der Waals surface area contributed by atoms with Crippen LogP contribution in [0, 0.1) is 0 Å². The second-order valence-electron chi connectivity index (χ2n) is 4.12. The first-order chi connectivity index (χ1) is 8.99. The summed E-state index contributed by atoms with van der Waals surface area (Å²) in [4.78, 5) is 13.8. The third-order valence-electron chi connectivity index (χ3n) is 2.77. The number of nitrogens with two attached hydrogens (primary N) is 1. The van der Waals surface area contributed by atoms with E-state index < -0.39 is 0 Å². The van der Waals surface area contributed by atoms with Crippen LogP contribution in [0.4, 0.5) is 11.4 Å². The minimum atomic E-state index is -0.232. The predicted molar refractivity (Wildman–Crippen MR) is 79.4 cm³/mol. The van der Waals surface area contributed by atoms with Crippen LogP contribution in [-0.2, 0) is 0 Å². The Morgan fingerprint density at radius 1 is 1.26 bits per heavy atom. The summed E-state index contributed by atoms with van der Waals surface area (Å²) in [5, 5.41) is 9.44. The highest BCUT2D eigenvalue weighted by molar-refractivity contribution is 9.10. The molecule has 0 aliphatic carbocycles. The molecule has 19 heavy (non-hydrogen) atoms. The van der Waals surface area contributed by atoms with Gasteiger partial charge < -0.3 is 15.7 Å². The summed E-state index contributed by atoms with van der Waals surface area (Å²) in [5.41, 5.74) is 7.25. The van der Waals surface area contributed by atoms with Crippen LogP contribution in [0.1, 0.15) is 10.4 Å². The molecule has 0 fully saturated rings. The molecule has 4 nitrogen and oxygen atoms in total. The van der Waals surface area contributed by atoms with Crippen molar-refractivity contribution in [1.29, 1.82) is 0 Å². The number of rotatable bonds is 2. The first kappa shape index (κ1) is 13.4.